The van der Waals surface area contributed by atoms with Crippen LogP contribution < -0.4 is 15.4 Å². The Labute approximate surface area is 126 Å². The van der Waals surface area contributed by atoms with Crippen molar-refractivity contribution < 1.29 is 4.74 Å². The second-order valence-electron chi connectivity index (χ2n) is 5.43. The van der Waals surface area contributed by atoms with Gasteiger partial charge in [0.25, 0.3) is 0 Å². The number of hydrogen-bond donors (Lipinski definition) is 1. The van der Waals surface area contributed by atoms with E-state index in [1.165, 1.54) is 24.1 Å². The summed E-state index contributed by atoms with van der Waals surface area (Å²) in [6.45, 7) is 3.66. The van der Waals surface area contributed by atoms with E-state index >= 15 is 0 Å². The molecular weight excluding hydrogens is 260 g/mol. The first kappa shape index (κ1) is 13.8. The highest BCUT2D eigenvalue weighted by Crippen LogP contribution is 2.35. The normalized spacial score (nSPS) is 14.4. The summed E-state index contributed by atoms with van der Waals surface area (Å²) in [6.07, 6.45) is 3.56. The number of benzene rings is 2. The molecule has 0 saturated heterocycles. The van der Waals surface area contributed by atoms with E-state index in [0.29, 0.717) is 6.61 Å². The lowest BCUT2D eigenvalue weighted by Gasteiger charge is -2.26. The van der Waals surface area contributed by atoms with Gasteiger partial charge in [-0.2, -0.15) is 0 Å². The summed E-state index contributed by atoms with van der Waals surface area (Å²) in [6, 6.07) is 14.6. The molecule has 0 aromatic heterocycles. The molecule has 0 fully saturated rings. The van der Waals surface area contributed by atoms with Gasteiger partial charge in [0.15, 0.2) is 0 Å². The maximum absolute atomic E-state index is 6.05. The Kier molecular flexibility index (Phi) is 4.00. The Morgan fingerprint density at radius 3 is 2.86 bits per heavy atom. The van der Waals surface area contributed by atoms with Gasteiger partial charge in [0.2, 0.25) is 0 Å². The Balaban J connectivity index is 2.03. The highest BCUT2D eigenvalue weighted by Gasteiger charge is 2.17. The third-order valence-corrected chi connectivity index (χ3v) is 3.90. The number of rotatable bonds is 3. The van der Waals surface area contributed by atoms with Crippen molar-refractivity contribution in [2.75, 3.05) is 23.8 Å². The number of hydrogen-bond acceptors (Lipinski definition) is 3. The Hall–Kier alpha value is -2.16. The Bertz CT molecular complexity index is 624. The quantitative estimate of drug-likeness (QED) is 0.860. The topological polar surface area (TPSA) is 38.5 Å². The van der Waals surface area contributed by atoms with Crippen LogP contribution in [0.15, 0.2) is 42.5 Å². The van der Waals surface area contributed by atoms with E-state index in [-0.39, 0.29) is 0 Å². The van der Waals surface area contributed by atoms with Crippen LogP contribution in [-0.2, 0) is 6.42 Å². The molecule has 3 heteroatoms. The zero-order valence-electron chi connectivity index (χ0n) is 12.5. The first-order chi connectivity index (χ1) is 10.3. The molecule has 1 aliphatic rings. The SMILES string of the molecule is CCOc1cc(N)cc(N2CCCCc3ccccc32)c1. The maximum Gasteiger partial charge on any atom is 0.123 e. The van der Waals surface area contributed by atoms with Crippen molar-refractivity contribution in [3.8, 4) is 5.75 Å². The molecule has 0 bridgehead atoms. The van der Waals surface area contributed by atoms with E-state index in [1.54, 1.807) is 0 Å². The fraction of sp³-hybridized carbons (Fsp3) is 0.333. The molecule has 2 aromatic carbocycles. The molecule has 2 aromatic rings. The standard InChI is InChI=1S/C18H22N2O/c1-2-21-17-12-15(19)11-16(13-17)20-10-6-5-8-14-7-3-4-9-18(14)20/h3-4,7,9,11-13H,2,5-6,8,10,19H2,1H3. The highest BCUT2D eigenvalue weighted by molar-refractivity contribution is 5.71. The van der Waals surface area contributed by atoms with E-state index in [2.05, 4.69) is 35.2 Å². The van der Waals surface area contributed by atoms with Crippen molar-refractivity contribution >= 4 is 17.1 Å². The molecule has 2 N–H and O–H groups in total. The smallest absolute Gasteiger partial charge is 0.123 e. The van der Waals surface area contributed by atoms with E-state index in [4.69, 9.17) is 10.5 Å². The molecule has 0 unspecified atom stereocenters. The molecule has 1 aliphatic heterocycles. The molecule has 0 saturated carbocycles. The van der Waals surface area contributed by atoms with Crippen molar-refractivity contribution in [3.63, 3.8) is 0 Å². The molecule has 0 aliphatic carbocycles. The van der Waals surface area contributed by atoms with Crippen LogP contribution in [0.1, 0.15) is 25.3 Å². The Morgan fingerprint density at radius 1 is 1.14 bits per heavy atom. The van der Waals surface area contributed by atoms with E-state index in [1.807, 2.05) is 19.1 Å². The van der Waals surface area contributed by atoms with E-state index < -0.39 is 0 Å². The second kappa shape index (κ2) is 6.08. The van der Waals surface area contributed by atoms with Crippen LogP contribution in [0.2, 0.25) is 0 Å². The molecular formula is C18H22N2O. The van der Waals surface area contributed by atoms with Crippen LogP contribution in [0, 0.1) is 0 Å². The molecule has 0 spiro atoms. The number of para-hydroxylation sites is 1. The summed E-state index contributed by atoms with van der Waals surface area (Å²) >= 11 is 0. The van der Waals surface area contributed by atoms with Gasteiger partial charge in [-0.1, -0.05) is 18.2 Å². The summed E-state index contributed by atoms with van der Waals surface area (Å²) in [4.78, 5) is 2.36. The number of aryl methyl sites for hydroxylation is 1. The summed E-state index contributed by atoms with van der Waals surface area (Å²) in [5.41, 5.74) is 10.6. The Morgan fingerprint density at radius 2 is 2.00 bits per heavy atom. The molecule has 0 atom stereocenters. The largest absolute Gasteiger partial charge is 0.494 e. The van der Waals surface area contributed by atoms with Crippen molar-refractivity contribution in [2.24, 2.45) is 0 Å². The monoisotopic (exact) mass is 282 g/mol. The van der Waals surface area contributed by atoms with Crippen LogP contribution >= 0.6 is 0 Å². The van der Waals surface area contributed by atoms with E-state index in [9.17, 15) is 0 Å². The number of nitrogens with zero attached hydrogens (tertiary/aromatic N) is 1. The van der Waals surface area contributed by atoms with Gasteiger partial charge in [-0.3, -0.25) is 0 Å². The second-order valence-corrected chi connectivity index (χ2v) is 5.43. The predicted octanol–water partition coefficient (Wildman–Crippen LogP) is 4.14. The maximum atomic E-state index is 6.05. The van der Waals surface area contributed by atoms with Gasteiger partial charge < -0.3 is 15.4 Å². The molecule has 0 amide bonds. The zero-order valence-corrected chi connectivity index (χ0v) is 12.5. The van der Waals surface area contributed by atoms with Crippen LogP contribution in [0.4, 0.5) is 17.1 Å². The summed E-state index contributed by atoms with van der Waals surface area (Å²) < 4.78 is 5.63. The predicted molar refractivity (Wildman–Crippen MR) is 88.4 cm³/mol. The van der Waals surface area contributed by atoms with E-state index in [0.717, 1.165) is 30.1 Å². The van der Waals surface area contributed by atoms with Gasteiger partial charge in [-0.25, -0.2) is 0 Å². The first-order valence-corrected chi connectivity index (χ1v) is 7.66. The lowest BCUT2D eigenvalue weighted by atomic mass is 10.1. The van der Waals surface area contributed by atoms with Gasteiger partial charge in [-0.15, -0.1) is 0 Å². The minimum absolute atomic E-state index is 0.652. The van der Waals surface area contributed by atoms with Crippen LogP contribution in [0.25, 0.3) is 0 Å². The number of ether oxygens (including phenoxy) is 1. The summed E-state index contributed by atoms with van der Waals surface area (Å²) in [5.74, 6) is 0.842. The molecule has 110 valence electrons. The zero-order chi connectivity index (χ0) is 14.7. The lowest BCUT2D eigenvalue weighted by Crippen LogP contribution is -2.18. The lowest BCUT2D eigenvalue weighted by molar-refractivity contribution is 0.340. The third kappa shape index (κ3) is 2.97. The van der Waals surface area contributed by atoms with Crippen molar-refractivity contribution in [2.45, 2.75) is 26.2 Å². The third-order valence-electron chi connectivity index (χ3n) is 3.90. The fourth-order valence-corrected chi connectivity index (χ4v) is 2.97. The summed E-state index contributed by atoms with van der Waals surface area (Å²) in [5, 5.41) is 0. The van der Waals surface area contributed by atoms with Gasteiger partial charge in [0, 0.05) is 35.7 Å². The van der Waals surface area contributed by atoms with Gasteiger partial charge >= 0.3 is 0 Å². The van der Waals surface area contributed by atoms with Gasteiger partial charge in [-0.05, 0) is 43.9 Å². The van der Waals surface area contributed by atoms with Crippen LogP contribution in [-0.4, -0.2) is 13.2 Å². The first-order valence-electron chi connectivity index (χ1n) is 7.66. The number of anilines is 3. The molecule has 1 heterocycles. The minimum atomic E-state index is 0.652. The number of nitrogens with two attached hydrogens (primary N) is 1. The van der Waals surface area contributed by atoms with Crippen molar-refractivity contribution in [3.05, 3.63) is 48.0 Å². The minimum Gasteiger partial charge on any atom is -0.494 e. The highest BCUT2D eigenvalue weighted by atomic mass is 16.5. The number of fused-ring (bicyclic) bond motifs is 1. The fourth-order valence-electron chi connectivity index (χ4n) is 2.97. The van der Waals surface area contributed by atoms with Crippen LogP contribution in [0.3, 0.4) is 0 Å². The molecule has 21 heavy (non-hydrogen) atoms. The van der Waals surface area contributed by atoms with Crippen molar-refractivity contribution in [1.82, 2.24) is 0 Å². The summed E-state index contributed by atoms with van der Waals surface area (Å²) in [7, 11) is 0. The molecule has 3 nitrogen and oxygen atoms in total. The number of nitrogen functional groups attached to an aromatic ring is 1. The molecule has 0 radical (unpaired) electrons. The average molecular weight is 282 g/mol. The van der Waals surface area contributed by atoms with Crippen molar-refractivity contribution in [1.29, 1.82) is 0 Å². The van der Waals surface area contributed by atoms with Gasteiger partial charge in [0.1, 0.15) is 5.75 Å². The average Bonchev–Trinajstić information content (AvgIpc) is 2.69. The molecule has 3 rings (SSSR count). The van der Waals surface area contributed by atoms with Gasteiger partial charge in [0.05, 0.1) is 6.61 Å². The van der Waals surface area contributed by atoms with Crippen LogP contribution in [0.5, 0.6) is 5.75 Å².